The summed E-state index contributed by atoms with van der Waals surface area (Å²) < 4.78 is 5.20. The number of ether oxygens (including phenoxy) is 1. The fraction of sp³-hybridized carbons (Fsp3) is 0.250. The van der Waals surface area contributed by atoms with E-state index in [-0.39, 0.29) is 11.7 Å². The number of benzene rings is 1. The Hall–Kier alpha value is -2.16. The molecule has 1 aromatic carbocycles. The number of carbonyl (C=O) groups excluding carboxylic acids is 1. The van der Waals surface area contributed by atoms with Crippen molar-refractivity contribution in [1.82, 2.24) is 4.98 Å². The van der Waals surface area contributed by atoms with Crippen molar-refractivity contribution in [2.45, 2.75) is 19.3 Å². The van der Waals surface area contributed by atoms with Crippen LogP contribution in [-0.4, -0.2) is 17.9 Å². The van der Waals surface area contributed by atoms with E-state index in [0.717, 1.165) is 11.3 Å². The molecule has 0 amide bonds. The van der Waals surface area contributed by atoms with Crippen LogP contribution >= 0.6 is 0 Å². The molecule has 1 aromatic heterocycles. The van der Waals surface area contributed by atoms with E-state index in [4.69, 9.17) is 4.74 Å². The topological polar surface area (TPSA) is 39.2 Å². The Bertz CT molecular complexity index is 552. The minimum Gasteiger partial charge on any atom is -0.497 e. The van der Waals surface area contributed by atoms with Crippen LogP contribution in [-0.2, 0) is 0 Å². The van der Waals surface area contributed by atoms with Crippen LogP contribution in [0.2, 0.25) is 0 Å². The average Bonchev–Trinajstić information content (AvgIpc) is 2.48. The van der Waals surface area contributed by atoms with Crippen LogP contribution in [0.15, 0.2) is 48.7 Å². The van der Waals surface area contributed by atoms with Crippen LogP contribution < -0.4 is 4.74 Å². The second kappa shape index (κ2) is 6.14. The quantitative estimate of drug-likeness (QED) is 0.768. The van der Waals surface area contributed by atoms with Gasteiger partial charge in [0.25, 0.3) is 0 Å². The number of nitrogens with zero attached hydrogens (tertiary/aromatic N) is 1. The number of Topliss-reactive ketones (excluding diaryl/α,β-unsaturated/α-hetero) is 1. The molecule has 1 atom stereocenters. The number of carbonyl (C=O) groups is 1. The number of hydrogen-bond acceptors (Lipinski definition) is 3. The van der Waals surface area contributed by atoms with Crippen LogP contribution in [0.25, 0.3) is 0 Å². The summed E-state index contributed by atoms with van der Waals surface area (Å²) in [5, 5.41) is 0. The molecule has 0 saturated heterocycles. The third-order valence-electron chi connectivity index (χ3n) is 3.10. The lowest BCUT2D eigenvalue weighted by Crippen LogP contribution is -2.06. The van der Waals surface area contributed by atoms with Gasteiger partial charge in [0.2, 0.25) is 0 Å². The maximum atomic E-state index is 12.1. The molecule has 0 saturated carbocycles. The summed E-state index contributed by atoms with van der Waals surface area (Å²) >= 11 is 0. The third-order valence-corrected chi connectivity index (χ3v) is 3.10. The van der Waals surface area contributed by atoms with Crippen molar-refractivity contribution in [3.63, 3.8) is 0 Å². The molecule has 2 aromatic rings. The molecule has 98 valence electrons. The molecule has 0 unspecified atom stereocenters. The van der Waals surface area contributed by atoms with Crippen molar-refractivity contribution in [2.75, 3.05) is 7.11 Å². The lowest BCUT2D eigenvalue weighted by atomic mass is 9.94. The molecule has 0 bridgehead atoms. The lowest BCUT2D eigenvalue weighted by molar-refractivity contribution is 0.0971. The second-order valence-electron chi connectivity index (χ2n) is 4.52. The Morgan fingerprint density at radius 2 is 2.11 bits per heavy atom. The molecule has 0 aliphatic rings. The van der Waals surface area contributed by atoms with Crippen LogP contribution in [0.3, 0.4) is 0 Å². The van der Waals surface area contributed by atoms with Crippen molar-refractivity contribution in [1.29, 1.82) is 0 Å². The molecule has 0 spiro atoms. The normalized spacial score (nSPS) is 11.9. The second-order valence-corrected chi connectivity index (χ2v) is 4.52. The third kappa shape index (κ3) is 3.41. The molecule has 0 aliphatic carbocycles. The van der Waals surface area contributed by atoms with Gasteiger partial charge in [-0.25, -0.2) is 0 Å². The molecule has 0 N–H and O–H groups in total. The van der Waals surface area contributed by atoms with E-state index < -0.39 is 0 Å². The average molecular weight is 255 g/mol. The highest BCUT2D eigenvalue weighted by Gasteiger charge is 2.14. The first-order valence-electron chi connectivity index (χ1n) is 6.29. The van der Waals surface area contributed by atoms with Gasteiger partial charge in [-0.2, -0.15) is 0 Å². The summed E-state index contributed by atoms with van der Waals surface area (Å²) in [4.78, 5) is 16.2. The zero-order valence-electron chi connectivity index (χ0n) is 11.2. The standard InChI is InChI=1S/C16H17NO2/c1-12(13-6-5-7-14(11-13)19-2)10-16(18)15-8-3-4-9-17-15/h3-9,11-12H,10H2,1-2H3/t12-/m1/s1. The highest BCUT2D eigenvalue weighted by Crippen LogP contribution is 2.24. The largest absolute Gasteiger partial charge is 0.497 e. The van der Waals surface area contributed by atoms with E-state index in [1.54, 1.807) is 19.4 Å². The molecule has 0 aliphatic heterocycles. The summed E-state index contributed by atoms with van der Waals surface area (Å²) in [7, 11) is 1.64. The molecular formula is C16H17NO2. The number of hydrogen-bond donors (Lipinski definition) is 0. The number of ketones is 1. The predicted molar refractivity (Wildman–Crippen MR) is 74.6 cm³/mol. The first-order valence-corrected chi connectivity index (χ1v) is 6.29. The highest BCUT2D eigenvalue weighted by molar-refractivity contribution is 5.94. The molecule has 19 heavy (non-hydrogen) atoms. The van der Waals surface area contributed by atoms with Gasteiger partial charge >= 0.3 is 0 Å². The number of pyridine rings is 1. The van der Waals surface area contributed by atoms with Gasteiger partial charge in [-0.1, -0.05) is 25.1 Å². The summed E-state index contributed by atoms with van der Waals surface area (Å²) in [5.41, 5.74) is 1.63. The van der Waals surface area contributed by atoms with Crippen LogP contribution in [0.4, 0.5) is 0 Å². The smallest absolute Gasteiger partial charge is 0.181 e. The Kier molecular flexibility index (Phi) is 4.29. The number of methoxy groups -OCH3 is 1. The van der Waals surface area contributed by atoms with Gasteiger partial charge in [-0.15, -0.1) is 0 Å². The minimum atomic E-state index is 0.0657. The van der Waals surface area contributed by atoms with E-state index in [1.165, 1.54) is 0 Å². The summed E-state index contributed by atoms with van der Waals surface area (Å²) in [6, 6.07) is 13.2. The Balaban J connectivity index is 2.08. The molecule has 2 rings (SSSR count). The van der Waals surface area contributed by atoms with Gasteiger partial charge in [-0.05, 0) is 35.7 Å². The Labute approximate surface area is 113 Å². The lowest BCUT2D eigenvalue weighted by Gasteiger charge is -2.12. The molecule has 0 fully saturated rings. The maximum absolute atomic E-state index is 12.1. The zero-order valence-corrected chi connectivity index (χ0v) is 11.2. The zero-order chi connectivity index (χ0) is 13.7. The van der Waals surface area contributed by atoms with E-state index in [1.807, 2.05) is 43.3 Å². The molecule has 3 nitrogen and oxygen atoms in total. The van der Waals surface area contributed by atoms with Gasteiger partial charge in [-0.3, -0.25) is 9.78 Å². The van der Waals surface area contributed by atoms with Gasteiger partial charge in [0, 0.05) is 12.6 Å². The molecular weight excluding hydrogens is 238 g/mol. The monoisotopic (exact) mass is 255 g/mol. The van der Waals surface area contributed by atoms with Crippen molar-refractivity contribution < 1.29 is 9.53 Å². The van der Waals surface area contributed by atoms with E-state index in [9.17, 15) is 4.79 Å². The van der Waals surface area contributed by atoms with Crippen LogP contribution in [0, 0.1) is 0 Å². The van der Waals surface area contributed by atoms with Gasteiger partial charge < -0.3 is 4.74 Å². The van der Waals surface area contributed by atoms with Gasteiger partial charge in [0.15, 0.2) is 5.78 Å². The van der Waals surface area contributed by atoms with Gasteiger partial charge in [0.1, 0.15) is 11.4 Å². The number of aromatic nitrogens is 1. The highest BCUT2D eigenvalue weighted by atomic mass is 16.5. The van der Waals surface area contributed by atoms with E-state index in [0.29, 0.717) is 12.1 Å². The Morgan fingerprint density at radius 1 is 1.26 bits per heavy atom. The minimum absolute atomic E-state index is 0.0657. The predicted octanol–water partition coefficient (Wildman–Crippen LogP) is 3.47. The van der Waals surface area contributed by atoms with E-state index in [2.05, 4.69) is 4.98 Å². The molecule has 0 radical (unpaired) electrons. The molecule has 1 heterocycles. The SMILES string of the molecule is COc1cccc([C@H](C)CC(=O)c2ccccn2)c1. The molecule has 3 heteroatoms. The fourth-order valence-corrected chi connectivity index (χ4v) is 1.98. The summed E-state index contributed by atoms with van der Waals surface area (Å²) in [6.45, 7) is 2.04. The maximum Gasteiger partial charge on any atom is 0.181 e. The summed E-state index contributed by atoms with van der Waals surface area (Å²) in [5.74, 6) is 1.02. The van der Waals surface area contributed by atoms with Crippen molar-refractivity contribution in [3.8, 4) is 5.75 Å². The fourth-order valence-electron chi connectivity index (χ4n) is 1.98. The number of rotatable bonds is 5. The van der Waals surface area contributed by atoms with Crippen LogP contribution in [0.5, 0.6) is 5.75 Å². The van der Waals surface area contributed by atoms with Gasteiger partial charge in [0.05, 0.1) is 7.11 Å². The van der Waals surface area contributed by atoms with Crippen LogP contribution in [0.1, 0.15) is 35.3 Å². The Morgan fingerprint density at radius 3 is 2.79 bits per heavy atom. The first-order chi connectivity index (χ1) is 9.20. The van der Waals surface area contributed by atoms with E-state index >= 15 is 0 Å². The summed E-state index contributed by atoms with van der Waals surface area (Å²) in [6.07, 6.45) is 2.09. The van der Waals surface area contributed by atoms with Crippen molar-refractivity contribution in [2.24, 2.45) is 0 Å². The van der Waals surface area contributed by atoms with Crippen molar-refractivity contribution >= 4 is 5.78 Å². The first kappa shape index (κ1) is 13.3. The van der Waals surface area contributed by atoms with Crippen molar-refractivity contribution in [3.05, 3.63) is 59.9 Å².